The van der Waals surface area contributed by atoms with Gasteiger partial charge in [0.15, 0.2) is 4.84 Å². The van der Waals surface area contributed by atoms with E-state index in [4.69, 9.17) is 23.2 Å². The normalized spacial score (nSPS) is 17.3. The number of alkyl halides is 2. The van der Waals surface area contributed by atoms with E-state index in [0.29, 0.717) is 25.4 Å². The summed E-state index contributed by atoms with van der Waals surface area (Å²) in [5.41, 5.74) is 0. The van der Waals surface area contributed by atoms with E-state index < -0.39 is 4.84 Å². The third-order valence-electron chi connectivity index (χ3n) is 2.95. The summed E-state index contributed by atoms with van der Waals surface area (Å²) in [4.78, 5) is 23.8. The van der Waals surface area contributed by atoms with Gasteiger partial charge in [0.1, 0.15) is 0 Å². The van der Waals surface area contributed by atoms with Crippen LogP contribution < -0.4 is 5.32 Å². The first-order valence-electron chi connectivity index (χ1n) is 6.26. The zero-order chi connectivity index (χ0) is 13.7. The van der Waals surface area contributed by atoms with Gasteiger partial charge in [-0.05, 0) is 18.8 Å². The van der Waals surface area contributed by atoms with Gasteiger partial charge in [-0.25, -0.2) is 0 Å². The molecule has 6 heteroatoms. The molecular weight excluding hydrogens is 275 g/mol. The molecule has 1 N–H and O–H groups in total. The molecule has 1 fully saturated rings. The molecule has 104 valence electrons. The van der Waals surface area contributed by atoms with E-state index in [1.165, 1.54) is 0 Å². The van der Waals surface area contributed by atoms with Crippen LogP contribution in [0.2, 0.25) is 0 Å². The maximum Gasteiger partial charge on any atom is 0.255 e. The molecule has 1 heterocycles. The van der Waals surface area contributed by atoms with Gasteiger partial charge in [-0.3, -0.25) is 9.59 Å². The number of likely N-dealkylation sites (tertiary alicyclic amines) is 1. The molecule has 0 saturated carbocycles. The average Bonchev–Trinajstić information content (AvgIpc) is 2.27. The second kappa shape index (κ2) is 7.19. The van der Waals surface area contributed by atoms with E-state index in [2.05, 4.69) is 5.32 Å². The SMILES string of the molecule is CC(C)CC(=O)NC1CCN(C(=O)C(Cl)Cl)CC1. The number of hydrogen-bond acceptors (Lipinski definition) is 2. The van der Waals surface area contributed by atoms with Crippen molar-refractivity contribution in [3.8, 4) is 0 Å². The molecule has 4 nitrogen and oxygen atoms in total. The van der Waals surface area contributed by atoms with E-state index in [1.807, 2.05) is 13.8 Å². The van der Waals surface area contributed by atoms with Crippen LogP contribution in [0, 0.1) is 5.92 Å². The highest BCUT2D eigenvalue weighted by Gasteiger charge is 2.26. The van der Waals surface area contributed by atoms with Gasteiger partial charge in [-0.15, -0.1) is 0 Å². The van der Waals surface area contributed by atoms with Crippen molar-refractivity contribution in [1.82, 2.24) is 10.2 Å². The molecule has 1 rings (SSSR count). The van der Waals surface area contributed by atoms with Crippen LogP contribution in [0.3, 0.4) is 0 Å². The summed E-state index contributed by atoms with van der Waals surface area (Å²) in [6.07, 6.45) is 2.07. The Kier molecular flexibility index (Phi) is 6.22. The highest BCUT2D eigenvalue weighted by atomic mass is 35.5. The molecule has 1 aliphatic rings. The molecule has 0 radical (unpaired) electrons. The summed E-state index contributed by atoms with van der Waals surface area (Å²) >= 11 is 11.1. The Labute approximate surface area is 118 Å². The number of halogens is 2. The summed E-state index contributed by atoms with van der Waals surface area (Å²) in [6, 6.07) is 0.157. The minimum absolute atomic E-state index is 0.0855. The molecule has 0 spiro atoms. The molecule has 0 unspecified atom stereocenters. The van der Waals surface area contributed by atoms with Crippen molar-refractivity contribution >= 4 is 35.0 Å². The summed E-state index contributed by atoms with van der Waals surface area (Å²) < 4.78 is 0. The Morgan fingerprint density at radius 2 is 1.83 bits per heavy atom. The lowest BCUT2D eigenvalue weighted by molar-refractivity contribution is -0.130. The van der Waals surface area contributed by atoms with Gasteiger partial charge >= 0.3 is 0 Å². The largest absolute Gasteiger partial charge is 0.353 e. The number of nitrogens with zero attached hydrogens (tertiary/aromatic N) is 1. The van der Waals surface area contributed by atoms with Crippen LogP contribution in [0.1, 0.15) is 33.1 Å². The molecule has 0 aromatic heterocycles. The first-order valence-corrected chi connectivity index (χ1v) is 7.13. The topological polar surface area (TPSA) is 49.4 Å². The highest BCUT2D eigenvalue weighted by Crippen LogP contribution is 2.15. The van der Waals surface area contributed by atoms with Crippen LogP contribution in [0.5, 0.6) is 0 Å². The van der Waals surface area contributed by atoms with Crippen LogP contribution in [-0.4, -0.2) is 40.7 Å². The molecule has 0 aliphatic carbocycles. The van der Waals surface area contributed by atoms with Gasteiger partial charge in [0.05, 0.1) is 0 Å². The molecule has 2 amide bonds. The molecule has 0 aromatic carbocycles. The Hall–Kier alpha value is -0.480. The average molecular weight is 295 g/mol. The number of carbonyl (C=O) groups is 2. The van der Waals surface area contributed by atoms with Crippen molar-refractivity contribution < 1.29 is 9.59 Å². The quantitative estimate of drug-likeness (QED) is 0.806. The van der Waals surface area contributed by atoms with Gasteiger partial charge in [0.2, 0.25) is 5.91 Å². The Morgan fingerprint density at radius 3 is 2.28 bits per heavy atom. The molecule has 18 heavy (non-hydrogen) atoms. The molecule has 0 atom stereocenters. The standard InChI is InChI=1S/C12H20Cl2N2O2/c1-8(2)7-10(17)15-9-3-5-16(6-4-9)12(18)11(13)14/h8-9,11H,3-7H2,1-2H3,(H,15,17). The first-order chi connectivity index (χ1) is 8.40. The monoisotopic (exact) mass is 294 g/mol. The highest BCUT2D eigenvalue weighted by molar-refractivity contribution is 6.53. The van der Waals surface area contributed by atoms with Crippen LogP contribution in [0.4, 0.5) is 0 Å². The van der Waals surface area contributed by atoms with Crippen LogP contribution >= 0.6 is 23.2 Å². The lowest BCUT2D eigenvalue weighted by Gasteiger charge is -2.32. The van der Waals surface area contributed by atoms with Gasteiger partial charge in [0.25, 0.3) is 5.91 Å². The van der Waals surface area contributed by atoms with Crippen molar-refractivity contribution in [3.05, 3.63) is 0 Å². The lowest BCUT2D eigenvalue weighted by Crippen LogP contribution is -2.47. The number of amides is 2. The Balaban J connectivity index is 2.31. The lowest BCUT2D eigenvalue weighted by atomic mass is 10.0. The van der Waals surface area contributed by atoms with Crippen molar-refractivity contribution in [1.29, 1.82) is 0 Å². The van der Waals surface area contributed by atoms with Crippen molar-refractivity contribution in [3.63, 3.8) is 0 Å². The number of nitrogens with one attached hydrogen (secondary N) is 1. The minimum atomic E-state index is -0.989. The van der Waals surface area contributed by atoms with E-state index >= 15 is 0 Å². The maximum absolute atomic E-state index is 11.6. The predicted molar refractivity (Wildman–Crippen MR) is 72.7 cm³/mol. The van der Waals surface area contributed by atoms with Gasteiger partial charge in [-0.1, -0.05) is 37.0 Å². The fourth-order valence-corrected chi connectivity index (χ4v) is 2.32. The second-order valence-electron chi connectivity index (χ2n) is 5.07. The van der Waals surface area contributed by atoms with Crippen molar-refractivity contribution in [2.24, 2.45) is 5.92 Å². The van der Waals surface area contributed by atoms with Crippen LogP contribution in [-0.2, 0) is 9.59 Å². The van der Waals surface area contributed by atoms with Crippen molar-refractivity contribution in [2.75, 3.05) is 13.1 Å². The van der Waals surface area contributed by atoms with Crippen molar-refractivity contribution in [2.45, 2.75) is 44.0 Å². The van der Waals surface area contributed by atoms with Crippen LogP contribution in [0.15, 0.2) is 0 Å². The smallest absolute Gasteiger partial charge is 0.255 e. The molecule has 0 bridgehead atoms. The summed E-state index contributed by atoms with van der Waals surface area (Å²) in [5, 5.41) is 3.00. The molecular formula is C12H20Cl2N2O2. The van der Waals surface area contributed by atoms with E-state index in [1.54, 1.807) is 4.90 Å². The van der Waals surface area contributed by atoms with E-state index in [9.17, 15) is 9.59 Å². The third kappa shape index (κ3) is 5.02. The summed E-state index contributed by atoms with van der Waals surface area (Å²) in [5.74, 6) is 0.201. The summed E-state index contributed by atoms with van der Waals surface area (Å²) in [6.45, 7) is 5.23. The predicted octanol–water partition coefficient (Wildman–Crippen LogP) is 1.94. The van der Waals surface area contributed by atoms with Gasteiger partial charge in [-0.2, -0.15) is 0 Å². The number of carbonyl (C=O) groups excluding carboxylic acids is 2. The molecule has 1 aliphatic heterocycles. The van der Waals surface area contributed by atoms with E-state index in [-0.39, 0.29) is 17.9 Å². The first kappa shape index (κ1) is 15.6. The number of rotatable bonds is 4. The minimum Gasteiger partial charge on any atom is -0.353 e. The third-order valence-corrected chi connectivity index (χ3v) is 3.33. The Morgan fingerprint density at radius 1 is 1.28 bits per heavy atom. The molecule has 1 saturated heterocycles. The zero-order valence-corrected chi connectivity index (χ0v) is 12.3. The maximum atomic E-state index is 11.6. The van der Waals surface area contributed by atoms with Gasteiger partial charge < -0.3 is 10.2 Å². The Bertz CT molecular complexity index is 300. The van der Waals surface area contributed by atoms with E-state index in [0.717, 1.165) is 12.8 Å². The second-order valence-corrected chi connectivity index (χ2v) is 6.16. The zero-order valence-electron chi connectivity index (χ0n) is 10.8. The summed E-state index contributed by atoms with van der Waals surface area (Å²) in [7, 11) is 0. The molecule has 0 aromatic rings. The number of hydrogen-bond donors (Lipinski definition) is 1. The van der Waals surface area contributed by atoms with Crippen LogP contribution in [0.25, 0.3) is 0 Å². The number of piperidine rings is 1. The fraction of sp³-hybridized carbons (Fsp3) is 0.833. The fourth-order valence-electron chi connectivity index (χ4n) is 2.04. The van der Waals surface area contributed by atoms with Gasteiger partial charge in [0, 0.05) is 25.6 Å².